The van der Waals surface area contributed by atoms with E-state index in [0.717, 1.165) is 25.7 Å². The summed E-state index contributed by atoms with van der Waals surface area (Å²) in [5.41, 5.74) is 0.759. The summed E-state index contributed by atoms with van der Waals surface area (Å²) >= 11 is 0. The molecule has 13 heteroatoms. The molecular weight excluding hydrogens is 664 g/mol. The van der Waals surface area contributed by atoms with E-state index in [1.807, 2.05) is 6.92 Å². The van der Waals surface area contributed by atoms with Gasteiger partial charge in [0.05, 0.1) is 43.7 Å². The summed E-state index contributed by atoms with van der Waals surface area (Å²) < 4.78 is 37.8. The third-order valence-electron chi connectivity index (χ3n) is 15.4. The Morgan fingerprint density at radius 3 is 2.33 bits per heavy atom. The fourth-order valence-corrected chi connectivity index (χ4v) is 12.4. The molecule has 8 rings (SSSR count). The molecule has 0 aromatic carbocycles. The molecule has 0 aromatic heterocycles. The van der Waals surface area contributed by atoms with Crippen LogP contribution in [0.5, 0.6) is 0 Å². The van der Waals surface area contributed by atoms with Crippen molar-refractivity contribution in [3.63, 3.8) is 0 Å². The first-order valence-electron chi connectivity index (χ1n) is 19.4. The molecule has 3 saturated carbocycles. The number of rotatable bonds is 4. The second-order valence-corrected chi connectivity index (χ2v) is 18.0. The Bertz CT molecular complexity index is 1330. The van der Waals surface area contributed by atoms with Crippen molar-refractivity contribution < 1.29 is 64.2 Å². The zero-order chi connectivity index (χ0) is 36.4. The third-order valence-corrected chi connectivity index (χ3v) is 15.4. The van der Waals surface area contributed by atoms with Gasteiger partial charge in [0, 0.05) is 30.1 Å². The predicted octanol–water partition coefficient (Wildman–Crippen LogP) is 0.971. The summed E-state index contributed by atoms with van der Waals surface area (Å²) in [6.45, 7) is 10.8. The summed E-state index contributed by atoms with van der Waals surface area (Å²) in [5.74, 6) is 0.859. The Morgan fingerprint density at radius 2 is 1.59 bits per heavy atom. The minimum atomic E-state index is -1.62. The van der Waals surface area contributed by atoms with Crippen LogP contribution in [0.15, 0.2) is 11.6 Å². The van der Waals surface area contributed by atoms with Gasteiger partial charge < -0.3 is 64.2 Å². The van der Waals surface area contributed by atoms with Crippen molar-refractivity contribution in [2.75, 3.05) is 13.2 Å². The average Bonchev–Trinajstić information content (AvgIpc) is 3.53. The molecule has 0 amide bonds. The second-order valence-electron chi connectivity index (χ2n) is 18.0. The van der Waals surface area contributed by atoms with Crippen LogP contribution in [0, 0.1) is 46.3 Å². The summed E-state index contributed by atoms with van der Waals surface area (Å²) in [4.78, 5) is 0. The van der Waals surface area contributed by atoms with Crippen LogP contribution >= 0.6 is 0 Å². The van der Waals surface area contributed by atoms with Crippen LogP contribution in [0.4, 0.5) is 0 Å². The molecule has 0 aromatic rings. The van der Waals surface area contributed by atoms with Gasteiger partial charge in [0.2, 0.25) is 0 Å². The zero-order valence-electron chi connectivity index (χ0n) is 30.5. The average molecular weight is 725 g/mol. The van der Waals surface area contributed by atoms with Crippen molar-refractivity contribution in [1.29, 1.82) is 0 Å². The zero-order valence-corrected chi connectivity index (χ0v) is 30.5. The monoisotopic (exact) mass is 724 g/mol. The molecule has 1 spiro atoms. The molecule has 290 valence electrons. The Balaban J connectivity index is 1.04. The number of allylic oxidation sites excluding steroid dienone is 1. The molecule has 0 unspecified atom stereocenters. The highest BCUT2D eigenvalue weighted by atomic mass is 16.8. The summed E-state index contributed by atoms with van der Waals surface area (Å²) in [5, 5.41) is 75.0. The van der Waals surface area contributed by atoms with Crippen molar-refractivity contribution >= 4 is 0 Å². The SMILES string of the molecule is C[C@H]1CO[C@]2(C[C@@H]1O)O[C@H]1C[C@@H]3[C@@H]4CC=C5C[C@@H](O)C[C@@H](O[C@H]6OC[C@@H](O)[C@H](O)[C@@H]6O[C@@H]6O[C@H](C)[C@H](O)[C@@H](O)[C@H]6O)[C@]5(C)[C@H]4CC[C@]3(C)[C@H]1[C@@H]2C. The third kappa shape index (κ3) is 5.66. The molecular formula is C38H60O13. The van der Waals surface area contributed by atoms with E-state index in [1.54, 1.807) is 0 Å². The first-order chi connectivity index (χ1) is 24.1. The van der Waals surface area contributed by atoms with Gasteiger partial charge in [0.1, 0.15) is 36.6 Å². The highest BCUT2D eigenvalue weighted by Gasteiger charge is 2.70. The lowest BCUT2D eigenvalue weighted by molar-refractivity contribution is -0.362. The number of fused-ring (bicyclic) bond motifs is 7. The molecule has 7 fully saturated rings. The number of ether oxygens (including phenoxy) is 6. The lowest BCUT2D eigenvalue weighted by Gasteiger charge is -2.60. The molecule has 13 nitrogen and oxygen atoms in total. The molecule has 0 bridgehead atoms. The first kappa shape index (κ1) is 37.2. The molecule has 4 saturated heterocycles. The normalized spacial score (nSPS) is 59.8. The van der Waals surface area contributed by atoms with Crippen LogP contribution in [-0.4, -0.2) is 134 Å². The molecule has 51 heavy (non-hydrogen) atoms. The first-order valence-corrected chi connectivity index (χ1v) is 19.4. The quantitative estimate of drug-likeness (QED) is 0.203. The van der Waals surface area contributed by atoms with Gasteiger partial charge >= 0.3 is 0 Å². The van der Waals surface area contributed by atoms with E-state index >= 15 is 0 Å². The number of aliphatic hydroxyl groups is 7. The van der Waals surface area contributed by atoms with Crippen molar-refractivity contribution in [2.45, 2.75) is 165 Å². The summed E-state index contributed by atoms with van der Waals surface area (Å²) in [6.07, 6.45) is -5.94. The van der Waals surface area contributed by atoms with Crippen molar-refractivity contribution in [2.24, 2.45) is 46.3 Å². The van der Waals surface area contributed by atoms with E-state index in [0.29, 0.717) is 43.6 Å². The Labute approximate surface area is 300 Å². The van der Waals surface area contributed by atoms with Gasteiger partial charge in [-0.2, -0.15) is 0 Å². The highest BCUT2D eigenvalue weighted by molar-refractivity contribution is 5.29. The van der Waals surface area contributed by atoms with E-state index in [4.69, 9.17) is 28.4 Å². The minimum absolute atomic E-state index is 0.0418. The molecule has 4 aliphatic heterocycles. The van der Waals surface area contributed by atoms with Crippen LogP contribution in [-0.2, 0) is 28.4 Å². The lowest BCUT2D eigenvalue weighted by atomic mass is 9.46. The minimum Gasteiger partial charge on any atom is -0.393 e. The smallest absolute Gasteiger partial charge is 0.187 e. The molecule has 4 heterocycles. The van der Waals surface area contributed by atoms with Crippen LogP contribution in [0.3, 0.4) is 0 Å². The number of hydrogen-bond acceptors (Lipinski definition) is 13. The van der Waals surface area contributed by atoms with Gasteiger partial charge in [-0.05, 0) is 68.1 Å². The Hall–Kier alpha value is -0.780. The van der Waals surface area contributed by atoms with Crippen LogP contribution in [0.2, 0.25) is 0 Å². The fraction of sp³-hybridized carbons (Fsp3) is 0.947. The van der Waals surface area contributed by atoms with Gasteiger partial charge in [-0.1, -0.05) is 39.3 Å². The van der Waals surface area contributed by atoms with Gasteiger partial charge in [-0.3, -0.25) is 0 Å². The van der Waals surface area contributed by atoms with Crippen molar-refractivity contribution in [1.82, 2.24) is 0 Å². The van der Waals surface area contributed by atoms with Crippen LogP contribution in [0.25, 0.3) is 0 Å². The number of hydrogen-bond donors (Lipinski definition) is 7. The standard InChI is InChI=1S/C38H60O13/c1-16-14-47-38(13-24(16)40)17(2)28-26(51-38)12-23-21-7-6-19-10-20(39)11-27(37(19,5)22(21)8-9-36(23,28)4)49-35-33(30(43)25(41)15-46-35)50-34-32(45)31(44)29(42)18(3)48-34/h6,16-18,20-35,39-45H,7-15H2,1-5H3/t16-,17-,18+,20+,21+,22-,23+,24-,25+,26-,27+,28-,29-,30-,31+,32+,33-,34-,35+,36-,37-,38+/m0/s1. The maximum Gasteiger partial charge on any atom is 0.187 e. The van der Waals surface area contributed by atoms with Crippen molar-refractivity contribution in [3.05, 3.63) is 11.6 Å². The topological polar surface area (TPSA) is 197 Å². The molecule has 8 aliphatic rings. The summed E-state index contributed by atoms with van der Waals surface area (Å²) in [6, 6.07) is 0. The predicted molar refractivity (Wildman–Crippen MR) is 178 cm³/mol. The van der Waals surface area contributed by atoms with Crippen molar-refractivity contribution in [3.8, 4) is 0 Å². The maximum atomic E-state index is 11.1. The molecule has 22 atom stereocenters. The van der Waals surface area contributed by atoms with Gasteiger partial charge in [-0.25, -0.2) is 0 Å². The molecule has 7 N–H and O–H groups in total. The lowest BCUT2D eigenvalue weighted by Crippen LogP contribution is -2.63. The van der Waals surface area contributed by atoms with E-state index < -0.39 is 84.8 Å². The fourth-order valence-electron chi connectivity index (χ4n) is 12.4. The number of aliphatic hydroxyl groups excluding tert-OH is 7. The van der Waals surface area contributed by atoms with E-state index in [9.17, 15) is 35.7 Å². The second kappa shape index (κ2) is 13.2. The Kier molecular flexibility index (Phi) is 9.60. The molecule has 4 aliphatic carbocycles. The van der Waals surface area contributed by atoms with E-state index in [-0.39, 0.29) is 35.9 Å². The highest BCUT2D eigenvalue weighted by Crippen LogP contribution is 2.71. The summed E-state index contributed by atoms with van der Waals surface area (Å²) in [7, 11) is 0. The largest absolute Gasteiger partial charge is 0.393 e. The maximum absolute atomic E-state index is 11.1. The van der Waals surface area contributed by atoms with E-state index in [2.05, 4.69) is 26.8 Å². The molecule has 0 radical (unpaired) electrons. The van der Waals surface area contributed by atoms with Gasteiger partial charge in [0.25, 0.3) is 0 Å². The van der Waals surface area contributed by atoms with E-state index in [1.165, 1.54) is 12.5 Å². The van der Waals surface area contributed by atoms with Crippen LogP contribution < -0.4 is 0 Å². The Morgan fingerprint density at radius 1 is 0.824 bits per heavy atom. The van der Waals surface area contributed by atoms with Gasteiger partial charge in [-0.15, -0.1) is 0 Å². The van der Waals surface area contributed by atoms with Crippen LogP contribution in [0.1, 0.15) is 79.6 Å². The van der Waals surface area contributed by atoms with Gasteiger partial charge in [0.15, 0.2) is 18.4 Å².